The number of rotatable bonds is 5. The molecule has 0 unspecified atom stereocenters. The summed E-state index contributed by atoms with van der Waals surface area (Å²) in [5.41, 5.74) is 4.10. The molecule has 1 N–H and O–H groups in total. The Morgan fingerprint density at radius 2 is 2.04 bits per heavy atom. The number of aromatic nitrogens is 3. The Labute approximate surface area is 147 Å². The number of benzene rings is 1. The van der Waals surface area contributed by atoms with Gasteiger partial charge in [0.1, 0.15) is 5.82 Å². The highest BCUT2D eigenvalue weighted by Gasteiger charge is 2.15. The van der Waals surface area contributed by atoms with Crippen LogP contribution in [-0.2, 0) is 24.7 Å². The van der Waals surface area contributed by atoms with Crippen LogP contribution in [0.1, 0.15) is 48.3 Å². The van der Waals surface area contributed by atoms with Crippen LogP contribution in [0.5, 0.6) is 0 Å². The van der Waals surface area contributed by atoms with E-state index in [9.17, 15) is 4.79 Å². The van der Waals surface area contributed by atoms with Crippen LogP contribution < -0.4 is 5.32 Å². The van der Waals surface area contributed by atoms with Gasteiger partial charge in [0.25, 0.3) is 0 Å². The average molecular weight is 344 g/mol. The van der Waals surface area contributed by atoms with Crippen molar-refractivity contribution in [3.8, 4) is 0 Å². The second kappa shape index (κ2) is 7.38. The summed E-state index contributed by atoms with van der Waals surface area (Å²) in [4.78, 5) is 12.2. The second-order valence-corrected chi connectivity index (χ2v) is 7.34. The van der Waals surface area contributed by atoms with Gasteiger partial charge in [-0.3, -0.25) is 4.79 Å². The zero-order valence-electron chi connectivity index (χ0n) is 14.5. The molecule has 1 amide bonds. The van der Waals surface area contributed by atoms with Crippen molar-refractivity contribution >= 4 is 17.7 Å². The first-order valence-electron chi connectivity index (χ1n) is 8.44. The fourth-order valence-corrected chi connectivity index (χ4v) is 3.80. The first-order valence-corrected chi connectivity index (χ1v) is 9.43. The molecule has 6 heteroatoms. The summed E-state index contributed by atoms with van der Waals surface area (Å²) in [5, 5.41) is 11.9. The molecule has 1 aromatic carbocycles. The van der Waals surface area contributed by atoms with Gasteiger partial charge >= 0.3 is 0 Å². The second-order valence-electron chi connectivity index (χ2n) is 6.40. The van der Waals surface area contributed by atoms with Gasteiger partial charge in [0.2, 0.25) is 5.91 Å². The Kier molecular flexibility index (Phi) is 5.23. The van der Waals surface area contributed by atoms with Crippen molar-refractivity contribution < 1.29 is 4.79 Å². The van der Waals surface area contributed by atoms with Crippen LogP contribution in [0.15, 0.2) is 23.4 Å². The lowest BCUT2D eigenvalue weighted by molar-refractivity contribution is -0.119. The minimum atomic E-state index is 0.0193. The Hall–Kier alpha value is -1.82. The fourth-order valence-electron chi connectivity index (χ4n) is 3.03. The Morgan fingerprint density at radius 1 is 1.29 bits per heavy atom. The molecule has 3 rings (SSSR count). The maximum atomic E-state index is 12.2. The summed E-state index contributed by atoms with van der Waals surface area (Å²) in [6.45, 7) is 3.94. The number of amides is 1. The molecule has 0 aliphatic heterocycles. The SMILES string of the molecule is Cc1nnc(SCC(=O)N[C@H](C)c2ccc3c(c2)CCCC3)n1C. The molecule has 0 radical (unpaired) electrons. The van der Waals surface area contributed by atoms with Gasteiger partial charge in [-0.2, -0.15) is 0 Å². The van der Waals surface area contributed by atoms with Crippen LogP contribution in [0.4, 0.5) is 0 Å². The van der Waals surface area contributed by atoms with Gasteiger partial charge in [-0.05, 0) is 56.2 Å². The summed E-state index contributed by atoms with van der Waals surface area (Å²) in [6.07, 6.45) is 4.90. The summed E-state index contributed by atoms with van der Waals surface area (Å²) < 4.78 is 1.89. The number of fused-ring (bicyclic) bond motifs is 1. The first kappa shape index (κ1) is 17.0. The molecule has 1 atom stereocenters. The summed E-state index contributed by atoms with van der Waals surface area (Å²) >= 11 is 1.41. The third-order valence-corrected chi connectivity index (χ3v) is 5.66. The Morgan fingerprint density at radius 3 is 2.75 bits per heavy atom. The molecular weight excluding hydrogens is 320 g/mol. The van der Waals surface area contributed by atoms with Crippen molar-refractivity contribution in [3.05, 3.63) is 40.7 Å². The van der Waals surface area contributed by atoms with Crippen molar-refractivity contribution in [3.63, 3.8) is 0 Å². The highest BCUT2D eigenvalue weighted by molar-refractivity contribution is 7.99. The monoisotopic (exact) mass is 344 g/mol. The van der Waals surface area contributed by atoms with E-state index in [1.54, 1.807) is 0 Å². The van der Waals surface area contributed by atoms with Crippen LogP contribution in [0.2, 0.25) is 0 Å². The number of carbonyl (C=O) groups is 1. The molecule has 0 saturated heterocycles. The van der Waals surface area contributed by atoms with E-state index in [2.05, 4.69) is 33.7 Å². The van der Waals surface area contributed by atoms with Crippen molar-refractivity contribution in [2.24, 2.45) is 7.05 Å². The van der Waals surface area contributed by atoms with Gasteiger partial charge in [0, 0.05) is 7.05 Å². The maximum absolute atomic E-state index is 12.2. The van der Waals surface area contributed by atoms with Gasteiger partial charge in [-0.1, -0.05) is 30.0 Å². The number of nitrogens with zero attached hydrogens (tertiary/aromatic N) is 3. The Bertz CT molecular complexity index is 741. The van der Waals surface area contributed by atoms with Gasteiger partial charge < -0.3 is 9.88 Å². The third kappa shape index (κ3) is 3.80. The van der Waals surface area contributed by atoms with Gasteiger partial charge in [-0.25, -0.2) is 0 Å². The lowest BCUT2D eigenvalue weighted by atomic mass is 9.89. The van der Waals surface area contributed by atoms with E-state index in [0.29, 0.717) is 5.75 Å². The number of nitrogens with one attached hydrogen (secondary N) is 1. The van der Waals surface area contributed by atoms with Crippen LogP contribution in [0.3, 0.4) is 0 Å². The summed E-state index contributed by atoms with van der Waals surface area (Å²) in [7, 11) is 1.91. The molecule has 1 aliphatic carbocycles. The van der Waals surface area contributed by atoms with Crippen LogP contribution in [0.25, 0.3) is 0 Å². The van der Waals surface area contributed by atoms with E-state index in [0.717, 1.165) is 17.4 Å². The summed E-state index contributed by atoms with van der Waals surface area (Å²) in [6, 6.07) is 6.66. The number of hydrogen-bond donors (Lipinski definition) is 1. The number of aryl methyl sites for hydroxylation is 3. The minimum Gasteiger partial charge on any atom is -0.349 e. The molecular formula is C18H24N4OS. The van der Waals surface area contributed by atoms with Crippen LogP contribution in [-0.4, -0.2) is 26.4 Å². The molecule has 128 valence electrons. The van der Waals surface area contributed by atoms with Gasteiger partial charge in [-0.15, -0.1) is 10.2 Å². The smallest absolute Gasteiger partial charge is 0.230 e. The van der Waals surface area contributed by atoms with Gasteiger partial charge in [0.15, 0.2) is 5.16 Å². The minimum absolute atomic E-state index is 0.0193. The van der Waals surface area contributed by atoms with Crippen LogP contribution >= 0.6 is 11.8 Å². The van der Waals surface area contributed by atoms with E-state index in [-0.39, 0.29) is 11.9 Å². The quantitative estimate of drug-likeness (QED) is 0.847. The molecule has 1 heterocycles. The molecule has 0 spiro atoms. The van der Waals surface area contributed by atoms with Crippen molar-refractivity contribution in [2.45, 2.75) is 50.7 Å². The molecule has 1 aromatic heterocycles. The lowest BCUT2D eigenvalue weighted by Crippen LogP contribution is -2.28. The lowest BCUT2D eigenvalue weighted by Gasteiger charge is -2.20. The summed E-state index contributed by atoms with van der Waals surface area (Å²) in [5.74, 6) is 1.22. The zero-order chi connectivity index (χ0) is 17.1. The Balaban J connectivity index is 1.57. The number of hydrogen-bond acceptors (Lipinski definition) is 4. The number of carbonyl (C=O) groups excluding carboxylic acids is 1. The fraction of sp³-hybridized carbons (Fsp3) is 0.500. The standard InChI is InChI=1S/C18H24N4OS/c1-12(15-9-8-14-6-4-5-7-16(14)10-15)19-17(23)11-24-18-21-20-13(2)22(18)3/h8-10,12H,4-7,11H2,1-3H3,(H,19,23)/t12-/m1/s1. The van der Waals surface area contributed by atoms with E-state index in [1.165, 1.54) is 47.7 Å². The van der Waals surface area contributed by atoms with Crippen molar-refractivity contribution in [2.75, 3.05) is 5.75 Å². The topological polar surface area (TPSA) is 59.8 Å². The van der Waals surface area contributed by atoms with Crippen molar-refractivity contribution in [1.82, 2.24) is 20.1 Å². The largest absolute Gasteiger partial charge is 0.349 e. The molecule has 2 aromatic rings. The highest BCUT2D eigenvalue weighted by Crippen LogP contribution is 2.25. The molecule has 0 fully saturated rings. The third-order valence-electron chi connectivity index (χ3n) is 4.64. The first-order chi connectivity index (χ1) is 11.5. The van der Waals surface area contributed by atoms with E-state index >= 15 is 0 Å². The maximum Gasteiger partial charge on any atom is 0.230 e. The molecule has 5 nitrogen and oxygen atoms in total. The van der Waals surface area contributed by atoms with Gasteiger partial charge in [0.05, 0.1) is 11.8 Å². The average Bonchev–Trinajstić information content (AvgIpc) is 2.91. The molecule has 0 bridgehead atoms. The number of thioether (sulfide) groups is 1. The van der Waals surface area contributed by atoms with E-state index in [4.69, 9.17) is 0 Å². The predicted octanol–water partition coefficient (Wildman–Crippen LogP) is 2.97. The van der Waals surface area contributed by atoms with Crippen LogP contribution in [0, 0.1) is 6.92 Å². The molecule has 1 aliphatic rings. The van der Waals surface area contributed by atoms with Crippen molar-refractivity contribution in [1.29, 1.82) is 0 Å². The van der Waals surface area contributed by atoms with E-state index < -0.39 is 0 Å². The normalized spacial score (nSPS) is 15.0. The molecule has 0 saturated carbocycles. The molecule has 24 heavy (non-hydrogen) atoms. The predicted molar refractivity (Wildman–Crippen MR) is 96.1 cm³/mol. The van der Waals surface area contributed by atoms with E-state index in [1.807, 2.05) is 25.5 Å². The highest BCUT2D eigenvalue weighted by atomic mass is 32.2. The zero-order valence-corrected chi connectivity index (χ0v) is 15.3.